The lowest BCUT2D eigenvalue weighted by Gasteiger charge is -2.49. The van der Waals surface area contributed by atoms with Crippen LogP contribution < -0.4 is 11.1 Å². The van der Waals surface area contributed by atoms with Crippen molar-refractivity contribution in [1.29, 1.82) is 0 Å². The van der Waals surface area contributed by atoms with Crippen LogP contribution in [0.4, 0.5) is 0 Å². The fraction of sp³-hybridized carbons (Fsp3) is 0.976. The Morgan fingerprint density at radius 2 is 1.57 bits per heavy atom. The first kappa shape index (κ1) is 49.3. The van der Waals surface area contributed by atoms with Gasteiger partial charge in [0.05, 0.1) is 47.6 Å². The summed E-state index contributed by atoms with van der Waals surface area (Å²) in [5.41, 5.74) is 1.28. The molecular formula is C41H79N3O12. The number of nitrogens with one attached hydrogen (secondary N) is 1. The highest BCUT2D eigenvalue weighted by atomic mass is 16.7. The van der Waals surface area contributed by atoms with E-state index in [0.717, 1.165) is 12.8 Å². The largest absolute Gasteiger partial charge is 0.459 e. The smallest absolute Gasteiger partial charge is 0.311 e. The molecule has 0 saturated carbocycles. The standard InChI is InChI=1S/C41H79N3O12/c1-14-29-41(10,50)34(46)24(4)31(43-18-16-15-17-42)22(2)20-39(8,49)36(56-38-32(45)28(44(11)12)19-23(3)52-38)25(5)33(26(6)37(48)54-29)55-30-21-40(9,51-13)35(47)27(7)53-30/h22-36,38,43,45-47,49-50H,14-21,42H2,1-13H3/t22-,23?,24+,25+,26-,27?,28?,29-,30?,31+,32?,33+,34-,35?,36-,38?,39-,40?,41-/m1/s1. The van der Waals surface area contributed by atoms with Crippen molar-refractivity contribution in [3.05, 3.63) is 0 Å². The normalized spacial score (nSPS) is 47.7. The number of ether oxygens (including phenoxy) is 6. The van der Waals surface area contributed by atoms with Crippen molar-refractivity contribution in [2.75, 3.05) is 34.3 Å². The summed E-state index contributed by atoms with van der Waals surface area (Å²) < 4.78 is 37.8. The molecular weight excluding hydrogens is 726 g/mol. The maximum atomic E-state index is 14.3. The van der Waals surface area contributed by atoms with Crippen LogP contribution in [0, 0.1) is 23.7 Å². The van der Waals surface area contributed by atoms with Crippen LogP contribution in [-0.2, 0) is 33.2 Å². The van der Waals surface area contributed by atoms with E-state index in [-0.39, 0.29) is 37.3 Å². The second-order valence-corrected chi connectivity index (χ2v) is 18.2. The van der Waals surface area contributed by atoms with E-state index in [1.807, 2.05) is 46.7 Å². The second kappa shape index (κ2) is 20.5. The Balaban J connectivity index is 2.21. The number of nitrogens with zero attached hydrogens (tertiary/aromatic N) is 1. The molecule has 56 heavy (non-hydrogen) atoms. The van der Waals surface area contributed by atoms with Gasteiger partial charge >= 0.3 is 5.97 Å². The number of carbonyl (C=O) groups is 1. The first-order valence-corrected chi connectivity index (χ1v) is 20.9. The molecule has 3 saturated heterocycles. The van der Waals surface area contributed by atoms with Gasteiger partial charge in [-0.1, -0.05) is 27.7 Å². The van der Waals surface area contributed by atoms with Gasteiger partial charge in [-0.3, -0.25) is 4.79 Å². The first-order chi connectivity index (χ1) is 26.0. The third kappa shape index (κ3) is 11.4. The molecule has 0 aromatic carbocycles. The minimum Gasteiger partial charge on any atom is -0.459 e. The van der Waals surface area contributed by atoms with Gasteiger partial charge in [0.1, 0.15) is 23.9 Å². The molecule has 0 aromatic heterocycles. The van der Waals surface area contributed by atoms with Crippen molar-refractivity contribution < 1.29 is 58.7 Å². The number of esters is 1. The van der Waals surface area contributed by atoms with Crippen LogP contribution in [-0.4, -0.2) is 161 Å². The highest BCUT2D eigenvalue weighted by Crippen LogP contribution is 2.41. The summed E-state index contributed by atoms with van der Waals surface area (Å²) >= 11 is 0. The van der Waals surface area contributed by atoms with Crippen LogP contribution in [0.2, 0.25) is 0 Å². The molecule has 19 atom stereocenters. The quantitative estimate of drug-likeness (QED) is 0.111. The van der Waals surface area contributed by atoms with Gasteiger partial charge in [0.25, 0.3) is 0 Å². The van der Waals surface area contributed by atoms with E-state index in [2.05, 4.69) is 5.32 Å². The van der Waals surface area contributed by atoms with Crippen LogP contribution in [0.3, 0.4) is 0 Å². The van der Waals surface area contributed by atoms with E-state index in [1.165, 1.54) is 14.0 Å². The molecule has 0 aromatic rings. The lowest BCUT2D eigenvalue weighted by Crippen LogP contribution is -2.62. The van der Waals surface area contributed by atoms with Crippen LogP contribution in [0.5, 0.6) is 0 Å². The number of rotatable bonds is 12. The summed E-state index contributed by atoms with van der Waals surface area (Å²) in [4.78, 5) is 16.2. The van der Waals surface area contributed by atoms with Crippen LogP contribution in [0.25, 0.3) is 0 Å². The number of aliphatic hydroxyl groups is 5. The Bertz CT molecular complexity index is 1210. The third-order valence-corrected chi connectivity index (χ3v) is 13.1. The van der Waals surface area contributed by atoms with E-state index in [9.17, 15) is 30.3 Å². The second-order valence-electron chi connectivity index (χ2n) is 18.2. The fourth-order valence-corrected chi connectivity index (χ4v) is 9.53. The molecule has 0 bridgehead atoms. The molecule has 8 N–H and O–H groups in total. The molecule has 0 radical (unpaired) electrons. The summed E-state index contributed by atoms with van der Waals surface area (Å²) in [5.74, 6) is -3.35. The predicted octanol–water partition coefficient (Wildman–Crippen LogP) is 1.91. The van der Waals surface area contributed by atoms with Crippen molar-refractivity contribution in [2.45, 2.75) is 198 Å². The molecule has 0 amide bonds. The maximum absolute atomic E-state index is 14.3. The molecule has 330 valence electrons. The van der Waals surface area contributed by atoms with Gasteiger partial charge < -0.3 is 69.9 Å². The van der Waals surface area contributed by atoms with Gasteiger partial charge in [-0.05, 0) is 107 Å². The van der Waals surface area contributed by atoms with E-state index in [4.69, 9.17) is 34.2 Å². The molecule has 3 fully saturated rings. The lowest BCUT2D eigenvalue weighted by molar-refractivity contribution is -0.318. The van der Waals surface area contributed by atoms with Crippen molar-refractivity contribution in [3.63, 3.8) is 0 Å². The summed E-state index contributed by atoms with van der Waals surface area (Å²) in [6.45, 7) is 18.8. The van der Waals surface area contributed by atoms with Gasteiger partial charge in [0.15, 0.2) is 12.6 Å². The lowest BCUT2D eigenvalue weighted by atomic mass is 9.72. The Hall–Kier alpha value is -1.05. The minimum atomic E-state index is -1.84. The Morgan fingerprint density at radius 3 is 2.14 bits per heavy atom. The van der Waals surface area contributed by atoms with Crippen molar-refractivity contribution in [2.24, 2.45) is 29.4 Å². The fourth-order valence-electron chi connectivity index (χ4n) is 9.53. The Labute approximate surface area is 336 Å². The van der Waals surface area contributed by atoms with E-state index < -0.39 is 102 Å². The molecule has 0 spiro atoms. The zero-order valence-corrected chi connectivity index (χ0v) is 36.5. The van der Waals surface area contributed by atoms with Crippen LogP contribution in [0.15, 0.2) is 0 Å². The number of nitrogens with two attached hydrogens (primary N) is 1. The molecule has 8 unspecified atom stereocenters. The van der Waals surface area contributed by atoms with E-state index in [0.29, 0.717) is 19.5 Å². The predicted molar refractivity (Wildman–Crippen MR) is 211 cm³/mol. The van der Waals surface area contributed by atoms with Gasteiger partial charge in [-0.25, -0.2) is 0 Å². The molecule has 15 heteroatoms. The maximum Gasteiger partial charge on any atom is 0.311 e. The van der Waals surface area contributed by atoms with Crippen molar-refractivity contribution in [1.82, 2.24) is 10.2 Å². The SMILES string of the molecule is CC[C@H]1OC(=O)[C@H](C)[C@@H](OC2CC(C)(OC)C(O)C(C)O2)[C@H](C)[C@@H](OC2OC(C)CC(N(C)C)C2O)[C@](C)(O)C[C@@H](C)[C@H](NCCCCN)[C@H](C)[C@@H](O)[C@]1(C)O. The molecule has 0 aliphatic carbocycles. The average molecular weight is 806 g/mol. The number of likely N-dealkylation sites (N-methyl/N-ethyl adjacent to an activating group) is 1. The number of hydrogen-bond acceptors (Lipinski definition) is 15. The number of carbonyl (C=O) groups excluding carboxylic acids is 1. The first-order valence-electron chi connectivity index (χ1n) is 20.9. The number of aliphatic hydroxyl groups excluding tert-OH is 3. The van der Waals surface area contributed by atoms with Crippen LogP contribution in [0.1, 0.15) is 108 Å². The number of methoxy groups -OCH3 is 1. The van der Waals surface area contributed by atoms with Crippen LogP contribution >= 0.6 is 0 Å². The van der Waals surface area contributed by atoms with Crippen molar-refractivity contribution >= 4 is 5.97 Å². The topological polar surface area (TPSA) is 215 Å². The minimum absolute atomic E-state index is 0.124. The summed E-state index contributed by atoms with van der Waals surface area (Å²) in [6.07, 6.45) is -6.96. The van der Waals surface area contributed by atoms with Gasteiger partial charge in [-0.15, -0.1) is 0 Å². The highest BCUT2D eigenvalue weighted by molar-refractivity contribution is 5.73. The number of hydrogen-bond donors (Lipinski definition) is 7. The van der Waals surface area contributed by atoms with Gasteiger partial charge in [0, 0.05) is 37.5 Å². The molecule has 3 rings (SSSR count). The monoisotopic (exact) mass is 806 g/mol. The molecule has 3 aliphatic heterocycles. The highest BCUT2D eigenvalue weighted by Gasteiger charge is 2.53. The Morgan fingerprint density at radius 1 is 0.929 bits per heavy atom. The molecule has 3 aliphatic rings. The van der Waals surface area contributed by atoms with Crippen molar-refractivity contribution in [3.8, 4) is 0 Å². The zero-order chi connectivity index (χ0) is 42.5. The number of unbranched alkanes of at least 4 members (excludes halogenated alkanes) is 1. The molecule has 15 nitrogen and oxygen atoms in total. The Kier molecular flexibility index (Phi) is 18.0. The number of cyclic esters (lactones) is 1. The zero-order valence-electron chi connectivity index (χ0n) is 36.5. The summed E-state index contributed by atoms with van der Waals surface area (Å²) in [5, 5.41) is 62.9. The summed E-state index contributed by atoms with van der Waals surface area (Å²) in [7, 11) is 5.28. The van der Waals surface area contributed by atoms with E-state index in [1.54, 1.807) is 34.6 Å². The van der Waals surface area contributed by atoms with E-state index >= 15 is 0 Å². The summed E-state index contributed by atoms with van der Waals surface area (Å²) in [6, 6.07) is -0.704. The average Bonchev–Trinajstić information content (AvgIpc) is 3.12. The molecule has 3 heterocycles. The van der Waals surface area contributed by atoms with Gasteiger partial charge in [0.2, 0.25) is 0 Å². The third-order valence-electron chi connectivity index (χ3n) is 13.1. The van der Waals surface area contributed by atoms with Gasteiger partial charge in [-0.2, -0.15) is 0 Å².